The molecular formula is C25H28N4O3. The maximum atomic E-state index is 12.4. The summed E-state index contributed by atoms with van der Waals surface area (Å²) in [6, 6.07) is 16.8. The van der Waals surface area contributed by atoms with Crippen molar-refractivity contribution in [2.45, 2.75) is 38.5 Å². The summed E-state index contributed by atoms with van der Waals surface area (Å²) in [5.74, 6) is 1.11. The number of amides is 3. The molecule has 166 valence electrons. The van der Waals surface area contributed by atoms with Gasteiger partial charge in [0.1, 0.15) is 0 Å². The molecule has 0 unspecified atom stereocenters. The van der Waals surface area contributed by atoms with Crippen LogP contribution >= 0.6 is 0 Å². The van der Waals surface area contributed by atoms with E-state index in [-0.39, 0.29) is 18.4 Å². The quantitative estimate of drug-likeness (QED) is 0.552. The van der Waals surface area contributed by atoms with Gasteiger partial charge in [0, 0.05) is 42.9 Å². The summed E-state index contributed by atoms with van der Waals surface area (Å²) in [6.45, 7) is 1.61. The number of rotatable bonds is 6. The topological polar surface area (TPSA) is 87.5 Å². The van der Waals surface area contributed by atoms with Crippen LogP contribution in [0.1, 0.15) is 38.0 Å². The standard InChI is InChI=1S/C25H28N4O3/c30-23(14-15-24-26-18-22(32-24)19-8-4-3-5-9-19)27-20-10-12-21(13-11-20)28-25(31)29-16-6-1-2-7-17-29/h3-5,8-13,18H,1-2,6-7,14-17H2,(H,27,30)(H,28,31). The van der Waals surface area contributed by atoms with Gasteiger partial charge in [0.25, 0.3) is 0 Å². The van der Waals surface area contributed by atoms with Crippen molar-refractivity contribution in [2.75, 3.05) is 23.7 Å². The van der Waals surface area contributed by atoms with Gasteiger partial charge in [0.2, 0.25) is 5.91 Å². The molecule has 0 radical (unpaired) electrons. The number of hydrogen-bond acceptors (Lipinski definition) is 4. The molecule has 32 heavy (non-hydrogen) atoms. The third-order valence-electron chi connectivity index (χ3n) is 5.49. The minimum atomic E-state index is -0.120. The Hall–Kier alpha value is -3.61. The molecule has 2 N–H and O–H groups in total. The fraction of sp³-hybridized carbons (Fsp3) is 0.320. The Kier molecular flexibility index (Phi) is 7.17. The average molecular weight is 433 g/mol. The van der Waals surface area contributed by atoms with Crippen molar-refractivity contribution in [2.24, 2.45) is 0 Å². The number of likely N-dealkylation sites (tertiary alicyclic amines) is 1. The summed E-state index contributed by atoms with van der Waals surface area (Å²) >= 11 is 0. The van der Waals surface area contributed by atoms with E-state index in [0.29, 0.717) is 29.4 Å². The maximum Gasteiger partial charge on any atom is 0.321 e. The van der Waals surface area contributed by atoms with Crippen LogP contribution in [0.2, 0.25) is 0 Å². The van der Waals surface area contributed by atoms with E-state index in [4.69, 9.17) is 4.42 Å². The van der Waals surface area contributed by atoms with E-state index < -0.39 is 0 Å². The van der Waals surface area contributed by atoms with Crippen LogP contribution in [0.5, 0.6) is 0 Å². The first-order valence-electron chi connectivity index (χ1n) is 11.1. The Balaban J connectivity index is 1.24. The average Bonchev–Trinajstić information content (AvgIpc) is 3.12. The van der Waals surface area contributed by atoms with E-state index in [2.05, 4.69) is 15.6 Å². The summed E-state index contributed by atoms with van der Waals surface area (Å²) in [4.78, 5) is 30.9. The zero-order valence-corrected chi connectivity index (χ0v) is 18.0. The molecule has 0 bridgehead atoms. The van der Waals surface area contributed by atoms with E-state index in [1.54, 1.807) is 30.5 Å². The van der Waals surface area contributed by atoms with Gasteiger partial charge in [-0.25, -0.2) is 9.78 Å². The van der Waals surface area contributed by atoms with Crippen molar-refractivity contribution < 1.29 is 14.0 Å². The van der Waals surface area contributed by atoms with Gasteiger partial charge in [-0.3, -0.25) is 4.79 Å². The van der Waals surface area contributed by atoms with Crippen LogP contribution in [0.4, 0.5) is 16.2 Å². The van der Waals surface area contributed by atoms with E-state index in [9.17, 15) is 9.59 Å². The van der Waals surface area contributed by atoms with E-state index in [0.717, 1.165) is 31.5 Å². The smallest absolute Gasteiger partial charge is 0.321 e. The number of nitrogens with one attached hydrogen (secondary N) is 2. The van der Waals surface area contributed by atoms with Crippen LogP contribution in [0, 0.1) is 0 Å². The highest BCUT2D eigenvalue weighted by Crippen LogP contribution is 2.21. The van der Waals surface area contributed by atoms with Gasteiger partial charge in [0.05, 0.1) is 6.20 Å². The predicted octanol–water partition coefficient (Wildman–Crippen LogP) is 5.32. The zero-order chi connectivity index (χ0) is 22.2. The van der Waals surface area contributed by atoms with Gasteiger partial charge >= 0.3 is 6.03 Å². The summed E-state index contributed by atoms with van der Waals surface area (Å²) in [5, 5.41) is 5.81. The third kappa shape index (κ3) is 5.97. The highest BCUT2D eigenvalue weighted by Gasteiger charge is 2.15. The zero-order valence-electron chi connectivity index (χ0n) is 18.0. The highest BCUT2D eigenvalue weighted by atomic mass is 16.4. The first-order valence-corrected chi connectivity index (χ1v) is 11.1. The van der Waals surface area contributed by atoms with Crippen LogP contribution in [0.25, 0.3) is 11.3 Å². The van der Waals surface area contributed by atoms with Gasteiger partial charge in [-0.1, -0.05) is 43.2 Å². The Labute approximate surface area is 187 Å². The van der Waals surface area contributed by atoms with Crippen LogP contribution in [0.3, 0.4) is 0 Å². The van der Waals surface area contributed by atoms with Crippen LogP contribution in [-0.4, -0.2) is 34.9 Å². The molecule has 3 amide bonds. The van der Waals surface area contributed by atoms with Crippen molar-refractivity contribution in [3.63, 3.8) is 0 Å². The predicted molar refractivity (Wildman–Crippen MR) is 124 cm³/mol. The molecule has 3 aromatic rings. The number of carbonyl (C=O) groups excluding carboxylic acids is 2. The molecule has 7 nitrogen and oxygen atoms in total. The molecular weight excluding hydrogens is 404 g/mol. The number of aryl methyl sites for hydroxylation is 1. The minimum absolute atomic E-state index is 0.0653. The monoisotopic (exact) mass is 432 g/mol. The lowest BCUT2D eigenvalue weighted by Gasteiger charge is -2.20. The molecule has 0 saturated carbocycles. The number of oxazole rings is 1. The molecule has 1 saturated heterocycles. The molecule has 1 aliphatic heterocycles. The van der Waals surface area contributed by atoms with Crippen molar-refractivity contribution in [1.29, 1.82) is 0 Å². The molecule has 7 heteroatoms. The van der Waals surface area contributed by atoms with E-state index in [1.165, 1.54) is 12.8 Å². The van der Waals surface area contributed by atoms with E-state index in [1.807, 2.05) is 35.2 Å². The first kappa shape index (κ1) is 21.6. The van der Waals surface area contributed by atoms with Crippen molar-refractivity contribution in [1.82, 2.24) is 9.88 Å². The Morgan fingerprint density at radius 2 is 1.53 bits per heavy atom. The minimum Gasteiger partial charge on any atom is -0.441 e. The summed E-state index contributed by atoms with van der Waals surface area (Å²) in [6.07, 6.45) is 6.84. The van der Waals surface area contributed by atoms with Crippen molar-refractivity contribution >= 4 is 23.3 Å². The summed E-state index contributed by atoms with van der Waals surface area (Å²) in [7, 11) is 0. The number of urea groups is 1. The summed E-state index contributed by atoms with van der Waals surface area (Å²) in [5.41, 5.74) is 2.35. The molecule has 4 rings (SSSR count). The number of carbonyl (C=O) groups is 2. The second-order valence-electron chi connectivity index (χ2n) is 7.94. The number of anilines is 2. The number of nitrogens with zero attached hydrogens (tertiary/aromatic N) is 2. The van der Waals surface area contributed by atoms with E-state index >= 15 is 0 Å². The second-order valence-corrected chi connectivity index (χ2v) is 7.94. The largest absolute Gasteiger partial charge is 0.441 e. The SMILES string of the molecule is O=C(CCc1ncc(-c2ccccc2)o1)Nc1ccc(NC(=O)N2CCCCCC2)cc1. The normalized spacial score (nSPS) is 13.9. The van der Waals surface area contributed by atoms with Crippen LogP contribution < -0.4 is 10.6 Å². The van der Waals surface area contributed by atoms with Crippen LogP contribution in [0.15, 0.2) is 65.2 Å². The number of hydrogen-bond donors (Lipinski definition) is 2. The molecule has 0 aliphatic carbocycles. The highest BCUT2D eigenvalue weighted by molar-refractivity contribution is 5.92. The first-order chi connectivity index (χ1) is 15.7. The fourth-order valence-corrected chi connectivity index (χ4v) is 3.72. The summed E-state index contributed by atoms with van der Waals surface area (Å²) < 4.78 is 5.75. The third-order valence-corrected chi connectivity index (χ3v) is 5.49. The molecule has 2 heterocycles. The molecule has 0 spiro atoms. The van der Waals surface area contributed by atoms with Gasteiger partial charge < -0.3 is 20.0 Å². The fourth-order valence-electron chi connectivity index (χ4n) is 3.72. The van der Waals surface area contributed by atoms with Gasteiger partial charge in [-0.05, 0) is 37.1 Å². The Morgan fingerprint density at radius 1 is 0.875 bits per heavy atom. The lowest BCUT2D eigenvalue weighted by atomic mass is 10.2. The van der Waals surface area contributed by atoms with Crippen LogP contribution in [-0.2, 0) is 11.2 Å². The molecule has 1 fully saturated rings. The van der Waals surface area contributed by atoms with Crippen molar-refractivity contribution in [3.05, 3.63) is 66.7 Å². The van der Waals surface area contributed by atoms with Gasteiger partial charge in [-0.2, -0.15) is 0 Å². The lowest BCUT2D eigenvalue weighted by Crippen LogP contribution is -2.35. The van der Waals surface area contributed by atoms with Crippen molar-refractivity contribution in [3.8, 4) is 11.3 Å². The molecule has 0 atom stereocenters. The molecule has 2 aromatic carbocycles. The lowest BCUT2D eigenvalue weighted by molar-refractivity contribution is -0.116. The van der Waals surface area contributed by atoms with Gasteiger partial charge in [-0.15, -0.1) is 0 Å². The van der Waals surface area contributed by atoms with Gasteiger partial charge in [0.15, 0.2) is 11.7 Å². The maximum absolute atomic E-state index is 12.4. The Bertz CT molecular complexity index is 1020. The second kappa shape index (κ2) is 10.6. The Morgan fingerprint density at radius 3 is 2.22 bits per heavy atom. The number of benzene rings is 2. The molecule has 1 aliphatic rings. The molecule has 1 aromatic heterocycles. The number of aromatic nitrogens is 1.